The van der Waals surface area contributed by atoms with Gasteiger partial charge in [-0.25, -0.2) is 15.8 Å². The second-order valence-corrected chi connectivity index (χ2v) is 12.6. The van der Waals surface area contributed by atoms with E-state index in [1.165, 1.54) is 6.39 Å². The number of halogens is 2. The predicted molar refractivity (Wildman–Crippen MR) is 209 cm³/mol. The van der Waals surface area contributed by atoms with E-state index in [-0.39, 0.29) is 5.91 Å². The number of anilines is 4. The molecule has 0 saturated heterocycles. The van der Waals surface area contributed by atoms with Crippen molar-refractivity contribution in [2.75, 3.05) is 10.6 Å². The van der Waals surface area contributed by atoms with Gasteiger partial charge < -0.3 is 15.1 Å². The summed E-state index contributed by atoms with van der Waals surface area (Å²) in [7, 11) is 0. The van der Waals surface area contributed by atoms with E-state index in [2.05, 4.69) is 36.2 Å². The molecule has 53 heavy (non-hydrogen) atoms. The largest absolute Gasteiger partial charge is 0.423 e. The molecule has 258 valence electrons. The molecule has 5 heterocycles. The van der Waals surface area contributed by atoms with Crippen LogP contribution in [-0.2, 0) is 0 Å². The minimum Gasteiger partial charge on any atom is -0.423 e. The zero-order valence-electron chi connectivity index (χ0n) is 27.5. The van der Waals surface area contributed by atoms with Gasteiger partial charge in [0.15, 0.2) is 0 Å². The Balaban J connectivity index is 0.000000151. The Morgan fingerprint density at radius 2 is 1.23 bits per heavy atom. The van der Waals surface area contributed by atoms with Gasteiger partial charge in [-0.1, -0.05) is 47.5 Å². The topological polar surface area (TPSA) is 170 Å². The van der Waals surface area contributed by atoms with Gasteiger partial charge in [0.25, 0.3) is 5.91 Å². The van der Waals surface area contributed by atoms with E-state index in [4.69, 9.17) is 43.4 Å². The molecule has 0 aliphatic rings. The Morgan fingerprint density at radius 1 is 0.642 bits per heavy atom. The average molecular weight is 738 g/mol. The first-order chi connectivity index (χ1) is 25.9. The number of nitrogens with zero attached hydrogens (tertiary/aromatic N) is 6. The number of rotatable bonds is 6. The molecule has 0 radical (unpaired) electrons. The summed E-state index contributed by atoms with van der Waals surface area (Å²) in [6.07, 6.45) is 8.41. The summed E-state index contributed by atoms with van der Waals surface area (Å²) in [4.78, 5) is 29.9. The standard InChI is InChI=1S/C20H12ClN5O.C19H14ClN5O/c21-13-2-1-3-14(9-13)24-19-16-6-7-22-10-17(16)15-5-4-12(8-18(15)25-19)20-26-23-11-27-20;20-12-2-1-3-13(9-12)23-18-15-6-7-22-10-16(15)14-5-4-11(19(26)25-21)8-17(14)24-18/h1-11H,(H,24,25);1-10H,21H2,(H,23,24)(H,25,26). The molecule has 12 nitrogen and oxygen atoms in total. The van der Waals surface area contributed by atoms with Crippen LogP contribution in [0.25, 0.3) is 54.8 Å². The van der Waals surface area contributed by atoms with E-state index in [0.29, 0.717) is 32.8 Å². The molecular weight excluding hydrogens is 711 g/mol. The van der Waals surface area contributed by atoms with Crippen molar-refractivity contribution >= 4 is 95.5 Å². The van der Waals surface area contributed by atoms with Crippen LogP contribution < -0.4 is 21.9 Å². The second-order valence-electron chi connectivity index (χ2n) is 11.7. The van der Waals surface area contributed by atoms with E-state index in [0.717, 1.165) is 60.6 Å². The van der Waals surface area contributed by atoms with Gasteiger partial charge in [-0.05, 0) is 72.8 Å². The van der Waals surface area contributed by atoms with Gasteiger partial charge in [-0.15, -0.1) is 10.2 Å². The van der Waals surface area contributed by atoms with Crippen molar-refractivity contribution in [1.82, 2.24) is 35.6 Å². The number of fused-ring (bicyclic) bond motifs is 6. The van der Waals surface area contributed by atoms with Crippen molar-refractivity contribution in [3.8, 4) is 11.5 Å². The van der Waals surface area contributed by atoms with Crippen molar-refractivity contribution in [2.24, 2.45) is 5.84 Å². The molecular formula is C39H26Cl2N10O2. The molecule has 0 unspecified atom stereocenters. The molecule has 0 bridgehead atoms. The number of benzene rings is 4. The highest BCUT2D eigenvalue weighted by atomic mass is 35.5. The van der Waals surface area contributed by atoms with Crippen LogP contribution >= 0.6 is 23.2 Å². The maximum Gasteiger partial charge on any atom is 0.265 e. The van der Waals surface area contributed by atoms with Crippen LogP contribution in [0.1, 0.15) is 10.4 Å². The highest BCUT2D eigenvalue weighted by Crippen LogP contribution is 2.34. The number of nitrogens with one attached hydrogen (secondary N) is 3. The second kappa shape index (κ2) is 14.5. The molecule has 5 N–H and O–H groups in total. The van der Waals surface area contributed by atoms with Crippen molar-refractivity contribution in [2.45, 2.75) is 0 Å². The van der Waals surface area contributed by atoms with E-state index in [1.54, 1.807) is 36.8 Å². The van der Waals surface area contributed by atoms with Crippen LogP contribution in [0.2, 0.25) is 10.0 Å². The van der Waals surface area contributed by atoms with Crippen LogP contribution in [0.15, 0.2) is 133 Å². The van der Waals surface area contributed by atoms with E-state index in [1.807, 2.05) is 85.1 Å². The lowest BCUT2D eigenvalue weighted by molar-refractivity contribution is 0.0953. The number of hydrazine groups is 1. The Hall–Kier alpha value is -6.73. The van der Waals surface area contributed by atoms with Gasteiger partial charge in [0.1, 0.15) is 11.6 Å². The van der Waals surface area contributed by atoms with Crippen LogP contribution in [0.3, 0.4) is 0 Å². The molecule has 9 rings (SSSR count). The zero-order chi connectivity index (χ0) is 36.3. The van der Waals surface area contributed by atoms with Gasteiger partial charge in [0, 0.05) is 89.7 Å². The Kier molecular flexibility index (Phi) is 9.13. The summed E-state index contributed by atoms with van der Waals surface area (Å²) < 4.78 is 5.30. The molecule has 5 aromatic heterocycles. The lowest BCUT2D eigenvalue weighted by atomic mass is 10.1. The monoisotopic (exact) mass is 736 g/mol. The number of nitrogen functional groups attached to an aromatic ring is 1. The Morgan fingerprint density at radius 3 is 1.77 bits per heavy atom. The number of hydrogen-bond acceptors (Lipinski definition) is 11. The summed E-state index contributed by atoms with van der Waals surface area (Å²) in [5, 5.41) is 21.4. The third-order valence-corrected chi connectivity index (χ3v) is 8.84. The maximum atomic E-state index is 11.8. The molecule has 0 spiro atoms. The Labute approximate surface area is 311 Å². The quantitative estimate of drug-likeness (QED) is 0.0556. The smallest absolute Gasteiger partial charge is 0.265 e. The third-order valence-electron chi connectivity index (χ3n) is 8.37. The molecule has 4 aromatic carbocycles. The number of pyridine rings is 4. The molecule has 0 aliphatic carbocycles. The summed E-state index contributed by atoms with van der Waals surface area (Å²) in [5.74, 6) is 6.69. The fourth-order valence-electron chi connectivity index (χ4n) is 5.95. The van der Waals surface area contributed by atoms with E-state index in [9.17, 15) is 4.79 Å². The summed E-state index contributed by atoms with van der Waals surface area (Å²) in [6, 6.07) is 29.9. The lowest BCUT2D eigenvalue weighted by Crippen LogP contribution is -2.29. The minimum atomic E-state index is -0.371. The fraction of sp³-hybridized carbons (Fsp3) is 0. The molecule has 14 heteroatoms. The molecule has 0 atom stereocenters. The van der Waals surface area contributed by atoms with E-state index >= 15 is 0 Å². The van der Waals surface area contributed by atoms with Crippen LogP contribution in [0.5, 0.6) is 0 Å². The predicted octanol–water partition coefficient (Wildman–Crippen LogP) is 9.01. The van der Waals surface area contributed by atoms with E-state index < -0.39 is 0 Å². The third kappa shape index (κ3) is 6.97. The first-order valence-electron chi connectivity index (χ1n) is 16.1. The van der Waals surface area contributed by atoms with Gasteiger partial charge >= 0.3 is 0 Å². The normalized spacial score (nSPS) is 11.0. The highest BCUT2D eigenvalue weighted by Gasteiger charge is 2.14. The Bertz CT molecular complexity index is 2800. The van der Waals surface area contributed by atoms with Crippen LogP contribution in [0.4, 0.5) is 23.0 Å². The van der Waals surface area contributed by atoms with Gasteiger partial charge in [0.05, 0.1) is 11.0 Å². The molecule has 0 saturated carbocycles. The molecule has 9 aromatic rings. The highest BCUT2D eigenvalue weighted by molar-refractivity contribution is 6.31. The molecule has 0 aliphatic heterocycles. The number of amides is 1. The number of carbonyl (C=O) groups excluding carboxylic acids is 1. The first kappa shape index (κ1) is 33.4. The summed E-state index contributed by atoms with van der Waals surface area (Å²) in [5.41, 5.74) is 6.52. The average Bonchev–Trinajstić information content (AvgIpc) is 3.73. The minimum absolute atomic E-state index is 0.371. The zero-order valence-corrected chi connectivity index (χ0v) is 29.0. The van der Waals surface area contributed by atoms with Crippen LogP contribution in [0, 0.1) is 0 Å². The number of nitrogens with two attached hydrogens (primary N) is 1. The summed E-state index contributed by atoms with van der Waals surface area (Å²) in [6.45, 7) is 0. The van der Waals surface area contributed by atoms with Crippen molar-refractivity contribution in [1.29, 1.82) is 0 Å². The van der Waals surface area contributed by atoms with Crippen molar-refractivity contribution in [3.63, 3.8) is 0 Å². The number of hydrogen-bond donors (Lipinski definition) is 4. The molecule has 0 fully saturated rings. The van der Waals surface area contributed by atoms with Crippen molar-refractivity contribution in [3.05, 3.63) is 144 Å². The SMILES string of the molecule is Clc1cccc(Nc2nc3cc(-c4nnco4)ccc3c3cnccc23)c1.NNC(=O)c1ccc2c(c1)nc(Nc1cccc(Cl)c1)c1ccncc12. The van der Waals surface area contributed by atoms with Crippen molar-refractivity contribution < 1.29 is 9.21 Å². The summed E-state index contributed by atoms with van der Waals surface area (Å²) >= 11 is 12.2. The van der Waals surface area contributed by atoms with Gasteiger partial charge in [-0.2, -0.15) is 0 Å². The van der Waals surface area contributed by atoms with Gasteiger partial charge in [0.2, 0.25) is 12.3 Å². The van der Waals surface area contributed by atoms with Gasteiger partial charge in [-0.3, -0.25) is 20.2 Å². The molecule has 1 amide bonds. The number of carbonyl (C=O) groups is 1. The van der Waals surface area contributed by atoms with Crippen LogP contribution in [-0.4, -0.2) is 36.0 Å². The lowest BCUT2D eigenvalue weighted by Gasteiger charge is -2.12. The fourth-order valence-corrected chi connectivity index (χ4v) is 6.33. The first-order valence-corrected chi connectivity index (χ1v) is 16.9. The maximum absolute atomic E-state index is 11.8. The number of aromatic nitrogens is 6.